The van der Waals surface area contributed by atoms with Crippen molar-refractivity contribution in [2.45, 2.75) is 41.0 Å². The molecule has 2 nitrogen and oxygen atoms in total. The largest absolute Gasteiger partial charge is 4.00 e. The standard InChI is InChI=1S/C12H11Si.C9H13.C3H7NO.2ClH.Zr/c1-3-7-11(8-4-1)13-12-9-5-2-6-10-12;1-6-5-7(2)9(4)8(6)3;1-2-3(4)5;;;/h1-10,13H;6H,1-4H3;2H2,1H3,(H2,4,5);2*1H;/q;-1;;;;+4/p-3. The van der Waals surface area contributed by atoms with Crippen molar-refractivity contribution in [2.75, 3.05) is 0 Å². The molecule has 1 atom stereocenters. The van der Waals surface area contributed by atoms with Gasteiger partial charge >= 0.3 is 26.2 Å². The Bertz CT molecular complexity index is 743. The van der Waals surface area contributed by atoms with Gasteiger partial charge in [0, 0.05) is 5.91 Å². The predicted molar refractivity (Wildman–Crippen MR) is 119 cm³/mol. The molecule has 2 aromatic carbocycles. The molecule has 1 unspecified atom stereocenters. The zero-order valence-electron chi connectivity index (χ0n) is 18.3. The van der Waals surface area contributed by atoms with Gasteiger partial charge in [-0.05, 0) is 6.42 Å². The molecule has 159 valence electrons. The average Bonchev–Trinajstić information content (AvgIpc) is 2.90. The Labute approximate surface area is 216 Å². The van der Waals surface area contributed by atoms with Crippen LogP contribution in [0.25, 0.3) is 5.73 Å². The van der Waals surface area contributed by atoms with E-state index in [2.05, 4.69) is 94.4 Å². The second kappa shape index (κ2) is 18.8. The minimum atomic E-state index is -0.495. The first-order chi connectivity index (χ1) is 12.8. The van der Waals surface area contributed by atoms with Crippen LogP contribution in [0.2, 0.25) is 0 Å². The fourth-order valence-corrected chi connectivity index (χ4v) is 3.67. The van der Waals surface area contributed by atoms with Gasteiger partial charge in [-0.15, -0.1) is 6.92 Å². The maximum Gasteiger partial charge on any atom is 4.00 e. The Balaban J connectivity index is -0.000000381. The van der Waals surface area contributed by atoms with Gasteiger partial charge in [0.2, 0.25) is 0 Å². The number of amides is 1. The summed E-state index contributed by atoms with van der Waals surface area (Å²) in [7, 11) is 0.271. The van der Waals surface area contributed by atoms with Crippen molar-refractivity contribution in [3.05, 3.63) is 89.2 Å². The van der Waals surface area contributed by atoms with Gasteiger partial charge in [-0.25, -0.2) is 5.57 Å². The molecule has 1 aliphatic carbocycles. The van der Waals surface area contributed by atoms with Crippen molar-refractivity contribution < 1.29 is 55.8 Å². The SMILES string of the molecule is CC1=[C-]C(C)C(C)=C1C.CCC([NH-])=O.[Cl-].[Cl-].[Zr+4].c1ccc([SiH]c2ccccc2)cc1. The van der Waals surface area contributed by atoms with E-state index in [1.807, 2.05) is 0 Å². The van der Waals surface area contributed by atoms with Crippen molar-refractivity contribution in [2.24, 2.45) is 5.92 Å². The smallest absolute Gasteiger partial charge is 1.00 e. The number of halogens is 2. The molecule has 3 rings (SSSR count). The average molecular weight is 539 g/mol. The summed E-state index contributed by atoms with van der Waals surface area (Å²) in [5, 5.41) is 2.90. The van der Waals surface area contributed by atoms with Gasteiger partial charge in [0.05, 0.1) is 0 Å². The second-order valence-corrected chi connectivity index (χ2v) is 8.16. The van der Waals surface area contributed by atoms with Crippen molar-refractivity contribution in [1.29, 1.82) is 0 Å². The molecular weight excluding hydrogens is 508 g/mol. The predicted octanol–water partition coefficient (Wildman–Crippen LogP) is -1.22. The number of rotatable bonds is 3. The number of hydrogen-bond donors (Lipinski definition) is 0. The molecule has 30 heavy (non-hydrogen) atoms. The summed E-state index contributed by atoms with van der Waals surface area (Å²) < 4.78 is 0. The van der Waals surface area contributed by atoms with Crippen molar-refractivity contribution >= 4 is 25.8 Å². The van der Waals surface area contributed by atoms with E-state index in [0.29, 0.717) is 12.3 Å². The molecule has 0 fully saturated rings. The van der Waals surface area contributed by atoms with Crippen LogP contribution in [-0.2, 0) is 31.0 Å². The third kappa shape index (κ3) is 13.4. The summed E-state index contributed by atoms with van der Waals surface area (Å²) in [5.74, 6) is 0.0648. The molecule has 1 aliphatic rings. The molecule has 0 saturated carbocycles. The molecule has 6 heteroatoms. The minimum Gasteiger partial charge on any atom is -1.00 e. The molecule has 0 aliphatic heterocycles. The molecule has 1 radical (unpaired) electrons. The summed E-state index contributed by atoms with van der Waals surface area (Å²) in [6, 6.07) is 21.3. The van der Waals surface area contributed by atoms with E-state index < -0.39 is 5.91 Å². The van der Waals surface area contributed by atoms with Gasteiger partial charge in [-0.3, -0.25) is 6.08 Å². The van der Waals surface area contributed by atoms with E-state index in [4.69, 9.17) is 5.73 Å². The van der Waals surface area contributed by atoms with Crippen LogP contribution in [0.4, 0.5) is 0 Å². The summed E-state index contributed by atoms with van der Waals surface area (Å²) in [4.78, 5) is 9.48. The van der Waals surface area contributed by atoms with Crippen LogP contribution in [0, 0.1) is 12.0 Å². The quantitative estimate of drug-likeness (QED) is 0.357. The third-order valence-electron chi connectivity index (χ3n) is 4.49. The summed E-state index contributed by atoms with van der Waals surface area (Å²) in [6.07, 6.45) is 3.69. The molecule has 0 heterocycles. The van der Waals surface area contributed by atoms with Crippen LogP contribution < -0.4 is 35.2 Å². The van der Waals surface area contributed by atoms with Crippen LogP contribution >= 0.6 is 0 Å². The van der Waals surface area contributed by atoms with Crippen molar-refractivity contribution in [3.63, 3.8) is 0 Å². The van der Waals surface area contributed by atoms with Crippen LogP contribution in [0.3, 0.4) is 0 Å². The van der Waals surface area contributed by atoms with E-state index in [9.17, 15) is 4.79 Å². The number of hydrogen-bond acceptors (Lipinski definition) is 1. The van der Waals surface area contributed by atoms with Crippen LogP contribution in [-0.4, -0.2) is 15.4 Å². The van der Waals surface area contributed by atoms with Gasteiger partial charge in [-0.2, -0.15) is 11.1 Å². The van der Waals surface area contributed by atoms with Gasteiger partial charge < -0.3 is 35.3 Å². The molecule has 0 aromatic heterocycles. The topological polar surface area (TPSA) is 40.9 Å². The van der Waals surface area contributed by atoms with Crippen molar-refractivity contribution in [3.8, 4) is 0 Å². The summed E-state index contributed by atoms with van der Waals surface area (Å²) >= 11 is 0. The number of allylic oxidation sites excluding steroid dienone is 4. The van der Waals surface area contributed by atoms with E-state index >= 15 is 0 Å². The van der Waals surface area contributed by atoms with Crippen LogP contribution in [0.1, 0.15) is 41.0 Å². The van der Waals surface area contributed by atoms with Gasteiger partial charge in [-0.1, -0.05) is 105 Å². The first-order valence-electron chi connectivity index (χ1n) is 9.32. The number of carbonyl (C=O) groups is 1. The van der Waals surface area contributed by atoms with Crippen LogP contribution in [0.5, 0.6) is 0 Å². The maximum absolute atomic E-state index is 9.48. The first-order valence-corrected chi connectivity index (χ1v) is 10.5. The fraction of sp³-hybridized carbons (Fsp3) is 0.292. The zero-order chi connectivity index (χ0) is 20.2. The fourth-order valence-electron chi connectivity index (χ4n) is 2.45. The Hall–Kier alpha value is -0.930. The maximum atomic E-state index is 9.48. The Morgan fingerprint density at radius 2 is 1.30 bits per heavy atom. The van der Waals surface area contributed by atoms with Crippen molar-refractivity contribution in [1.82, 2.24) is 0 Å². The molecule has 0 bridgehead atoms. The monoisotopic (exact) mass is 536 g/mol. The molecule has 0 spiro atoms. The van der Waals surface area contributed by atoms with Gasteiger partial charge in [0.15, 0.2) is 0 Å². The normalized spacial score (nSPS) is 13.6. The molecule has 2 aromatic rings. The van der Waals surface area contributed by atoms with E-state index in [1.54, 1.807) is 6.92 Å². The summed E-state index contributed by atoms with van der Waals surface area (Å²) in [6.45, 7) is 10.3. The molecule has 1 N–H and O–H groups in total. The van der Waals surface area contributed by atoms with E-state index in [-0.39, 0.29) is 60.5 Å². The summed E-state index contributed by atoms with van der Waals surface area (Å²) in [5.41, 5.74) is 10.4. The first kappa shape index (κ1) is 33.7. The molecular formula is C24H30Cl2NOSiZr. The van der Waals surface area contributed by atoms with Crippen LogP contribution in [0.15, 0.2) is 77.4 Å². The third-order valence-corrected chi connectivity index (χ3v) is 5.93. The van der Waals surface area contributed by atoms with Gasteiger partial charge in [0.25, 0.3) is 0 Å². The minimum absolute atomic E-state index is 0. The number of nitrogens with one attached hydrogen (secondary N) is 1. The molecule has 0 saturated heterocycles. The molecule has 1 amide bonds. The van der Waals surface area contributed by atoms with Gasteiger partial charge in [0.1, 0.15) is 9.52 Å². The second-order valence-electron chi connectivity index (χ2n) is 6.54. The Morgan fingerprint density at radius 3 is 1.50 bits per heavy atom. The Morgan fingerprint density at radius 1 is 0.933 bits per heavy atom. The number of carbonyl (C=O) groups excluding carboxylic acids is 1. The number of benzene rings is 2. The Kier molecular flexibility index (Phi) is 21.1. The zero-order valence-corrected chi connectivity index (χ0v) is 23.4. The van der Waals surface area contributed by atoms with E-state index in [0.717, 1.165) is 0 Å². The van der Waals surface area contributed by atoms with E-state index in [1.165, 1.54) is 27.1 Å².